The molecule has 0 aliphatic heterocycles. The van der Waals surface area contributed by atoms with E-state index < -0.39 is 0 Å². The Bertz CT molecular complexity index is 381. The standard InChI is InChI=1S/C16H22/c1-16-10-6-5-9(7-10)15(16)13-8-14(16)12-4-2-3-11(12)13/h5-6,9-15H,2-4,7-8H2,1H3. The quantitative estimate of drug-likeness (QED) is 0.424. The lowest BCUT2D eigenvalue weighted by Gasteiger charge is -2.47. The lowest BCUT2D eigenvalue weighted by atomic mass is 9.57. The molecular formula is C16H22. The molecule has 0 aromatic rings. The van der Waals surface area contributed by atoms with Crippen molar-refractivity contribution in [3.05, 3.63) is 12.2 Å². The van der Waals surface area contributed by atoms with Gasteiger partial charge < -0.3 is 0 Å². The van der Waals surface area contributed by atoms with Crippen molar-refractivity contribution >= 4 is 0 Å². The molecule has 0 aromatic carbocycles. The molecule has 4 fully saturated rings. The smallest absolute Gasteiger partial charge is 0.0168 e. The maximum absolute atomic E-state index is 2.67. The fourth-order valence-electron chi connectivity index (χ4n) is 7.28. The van der Waals surface area contributed by atoms with Gasteiger partial charge in [-0.1, -0.05) is 25.5 Å². The molecule has 16 heavy (non-hydrogen) atoms. The minimum Gasteiger partial charge on any atom is -0.0848 e. The minimum absolute atomic E-state index is 0.746. The van der Waals surface area contributed by atoms with Gasteiger partial charge in [-0.2, -0.15) is 0 Å². The first-order chi connectivity index (χ1) is 7.80. The van der Waals surface area contributed by atoms with E-state index in [1.54, 1.807) is 25.7 Å². The van der Waals surface area contributed by atoms with Crippen LogP contribution in [0.1, 0.15) is 39.0 Å². The SMILES string of the molecule is CC12C3C=CC(C3)C1C1CC2C2CCCC21. The fourth-order valence-corrected chi connectivity index (χ4v) is 7.28. The van der Waals surface area contributed by atoms with Gasteiger partial charge in [0.15, 0.2) is 0 Å². The average molecular weight is 214 g/mol. The van der Waals surface area contributed by atoms with Gasteiger partial charge in [-0.15, -0.1) is 0 Å². The van der Waals surface area contributed by atoms with Gasteiger partial charge >= 0.3 is 0 Å². The van der Waals surface area contributed by atoms with Gasteiger partial charge in [0.05, 0.1) is 0 Å². The van der Waals surface area contributed by atoms with Crippen LogP contribution in [-0.4, -0.2) is 0 Å². The Hall–Kier alpha value is -0.260. The summed E-state index contributed by atoms with van der Waals surface area (Å²) in [6.07, 6.45) is 13.0. The third-order valence-electron chi connectivity index (χ3n) is 7.57. The van der Waals surface area contributed by atoms with Gasteiger partial charge in [0.1, 0.15) is 0 Å². The van der Waals surface area contributed by atoms with Crippen LogP contribution < -0.4 is 0 Å². The Balaban J connectivity index is 1.67. The van der Waals surface area contributed by atoms with Gasteiger partial charge in [-0.3, -0.25) is 0 Å². The van der Waals surface area contributed by atoms with Crippen molar-refractivity contribution in [3.63, 3.8) is 0 Å². The Labute approximate surface area is 98.5 Å². The van der Waals surface area contributed by atoms with E-state index in [0.29, 0.717) is 0 Å². The summed E-state index contributed by atoms with van der Waals surface area (Å²) >= 11 is 0. The van der Waals surface area contributed by atoms with E-state index in [1.165, 1.54) is 6.42 Å². The van der Waals surface area contributed by atoms with Crippen LogP contribution in [0.5, 0.6) is 0 Å². The van der Waals surface area contributed by atoms with Gasteiger partial charge in [-0.25, -0.2) is 0 Å². The summed E-state index contributed by atoms with van der Waals surface area (Å²) in [5.74, 6) is 7.64. The van der Waals surface area contributed by atoms with Crippen molar-refractivity contribution < 1.29 is 0 Å². The molecule has 5 aliphatic rings. The second-order valence-corrected chi connectivity index (χ2v) is 7.55. The molecule has 8 atom stereocenters. The second kappa shape index (κ2) is 2.44. The summed E-state index contributed by atoms with van der Waals surface area (Å²) in [5, 5.41) is 0. The summed E-state index contributed by atoms with van der Waals surface area (Å²) < 4.78 is 0. The highest BCUT2D eigenvalue weighted by Gasteiger charge is 2.70. The van der Waals surface area contributed by atoms with Crippen LogP contribution in [0.2, 0.25) is 0 Å². The number of hydrogen-bond donors (Lipinski definition) is 0. The Morgan fingerprint density at radius 3 is 2.81 bits per heavy atom. The highest BCUT2D eigenvalue weighted by molar-refractivity contribution is 5.27. The zero-order chi connectivity index (χ0) is 10.5. The molecule has 4 bridgehead atoms. The molecule has 0 heterocycles. The maximum Gasteiger partial charge on any atom is -0.0168 e. The van der Waals surface area contributed by atoms with E-state index in [-0.39, 0.29) is 0 Å². The lowest BCUT2D eigenvalue weighted by molar-refractivity contribution is 0.0207. The first kappa shape index (κ1) is 8.78. The van der Waals surface area contributed by atoms with Gasteiger partial charge in [0.2, 0.25) is 0 Å². The Morgan fingerprint density at radius 1 is 1.00 bits per heavy atom. The fraction of sp³-hybridized carbons (Fsp3) is 0.875. The van der Waals surface area contributed by atoms with Crippen molar-refractivity contribution in [2.45, 2.75) is 39.0 Å². The summed E-state index contributed by atoms with van der Waals surface area (Å²) in [4.78, 5) is 0. The molecule has 0 heteroatoms. The van der Waals surface area contributed by atoms with E-state index in [1.807, 2.05) is 0 Å². The predicted molar refractivity (Wildman–Crippen MR) is 64.8 cm³/mol. The van der Waals surface area contributed by atoms with E-state index in [9.17, 15) is 0 Å². The normalized spacial score (nSPS) is 68.9. The zero-order valence-electron chi connectivity index (χ0n) is 10.2. The number of fused-ring (bicyclic) bond motifs is 12. The molecule has 0 aromatic heterocycles. The largest absolute Gasteiger partial charge is 0.0848 e. The van der Waals surface area contributed by atoms with Crippen molar-refractivity contribution in [1.82, 2.24) is 0 Å². The van der Waals surface area contributed by atoms with E-state index in [2.05, 4.69) is 19.1 Å². The average Bonchev–Trinajstić information content (AvgIpc) is 2.99. The van der Waals surface area contributed by atoms with Gasteiger partial charge in [0.25, 0.3) is 0 Å². The van der Waals surface area contributed by atoms with Gasteiger partial charge in [0, 0.05) is 0 Å². The predicted octanol–water partition coefficient (Wildman–Crippen LogP) is 3.88. The van der Waals surface area contributed by atoms with Crippen molar-refractivity contribution in [2.75, 3.05) is 0 Å². The third-order valence-corrected chi connectivity index (χ3v) is 7.57. The Morgan fingerprint density at radius 2 is 1.88 bits per heavy atom. The molecule has 5 aliphatic carbocycles. The topological polar surface area (TPSA) is 0 Å². The van der Waals surface area contributed by atoms with Crippen molar-refractivity contribution in [3.8, 4) is 0 Å². The zero-order valence-corrected chi connectivity index (χ0v) is 10.2. The second-order valence-electron chi connectivity index (χ2n) is 7.55. The van der Waals surface area contributed by atoms with Crippen LogP contribution in [0.15, 0.2) is 12.2 Å². The molecule has 4 saturated carbocycles. The van der Waals surface area contributed by atoms with Crippen LogP contribution >= 0.6 is 0 Å². The molecule has 5 rings (SSSR count). The van der Waals surface area contributed by atoms with Crippen LogP contribution in [0, 0.1) is 46.8 Å². The van der Waals surface area contributed by atoms with E-state index in [4.69, 9.17) is 0 Å². The highest BCUT2D eigenvalue weighted by atomic mass is 14.7. The molecular weight excluding hydrogens is 192 g/mol. The maximum atomic E-state index is 2.67. The summed E-state index contributed by atoms with van der Waals surface area (Å²) in [7, 11) is 0. The van der Waals surface area contributed by atoms with Crippen LogP contribution in [-0.2, 0) is 0 Å². The monoisotopic (exact) mass is 214 g/mol. The number of allylic oxidation sites excluding steroid dienone is 2. The first-order valence-electron chi connectivity index (χ1n) is 7.48. The number of hydrogen-bond acceptors (Lipinski definition) is 0. The molecule has 0 radical (unpaired) electrons. The Kier molecular flexibility index (Phi) is 1.34. The molecule has 0 spiro atoms. The molecule has 0 nitrogen and oxygen atoms in total. The van der Waals surface area contributed by atoms with Crippen LogP contribution in [0.25, 0.3) is 0 Å². The highest BCUT2D eigenvalue weighted by Crippen LogP contribution is 2.76. The molecule has 0 amide bonds. The van der Waals surface area contributed by atoms with Crippen molar-refractivity contribution in [1.29, 1.82) is 0 Å². The minimum atomic E-state index is 0.746. The van der Waals surface area contributed by atoms with Crippen molar-refractivity contribution in [2.24, 2.45) is 46.8 Å². The molecule has 0 saturated heterocycles. The lowest BCUT2D eigenvalue weighted by Crippen LogP contribution is -2.43. The third kappa shape index (κ3) is 0.693. The molecule has 86 valence electrons. The summed E-state index contributed by atoms with van der Waals surface area (Å²) in [6.45, 7) is 2.67. The van der Waals surface area contributed by atoms with Crippen LogP contribution in [0.3, 0.4) is 0 Å². The summed E-state index contributed by atoms with van der Waals surface area (Å²) in [5.41, 5.74) is 0.746. The molecule has 8 unspecified atom stereocenters. The van der Waals surface area contributed by atoms with E-state index in [0.717, 1.165) is 46.8 Å². The summed E-state index contributed by atoms with van der Waals surface area (Å²) in [6, 6.07) is 0. The van der Waals surface area contributed by atoms with Crippen LogP contribution in [0.4, 0.5) is 0 Å². The molecule has 0 N–H and O–H groups in total. The first-order valence-corrected chi connectivity index (χ1v) is 7.48. The number of rotatable bonds is 0. The van der Waals surface area contributed by atoms with E-state index >= 15 is 0 Å². The van der Waals surface area contributed by atoms with Gasteiger partial charge in [-0.05, 0) is 72.5 Å².